The van der Waals surface area contributed by atoms with Crippen LogP contribution in [0.5, 0.6) is 11.5 Å². The van der Waals surface area contributed by atoms with Gasteiger partial charge >= 0.3 is 0 Å². The molecule has 0 aromatic heterocycles. The molecule has 1 aromatic carbocycles. The van der Waals surface area contributed by atoms with Gasteiger partial charge in [-0.2, -0.15) is 0 Å². The Bertz CT molecular complexity index is 498. The summed E-state index contributed by atoms with van der Waals surface area (Å²) in [6, 6.07) is 7.43. The van der Waals surface area contributed by atoms with E-state index < -0.39 is 0 Å². The standard InChI is InChI=1S/C17H23NO2/c1-19-16-10-9-13(12-17(16)20-2)15-8-5-7-14-6-3-4-11-18(14)15/h5,7,9-10,12,14-15H,3-4,6,8,11H2,1-2H3/t14-,15+/m1/s1. The van der Waals surface area contributed by atoms with Crippen LogP contribution in [0.3, 0.4) is 0 Å². The van der Waals surface area contributed by atoms with Gasteiger partial charge in [0.25, 0.3) is 0 Å². The second-order valence-electron chi connectivity index (χ2n) is 5.60. The van der Waals surface area contributed by atoms with Crippen molar-refractivity contribution in [2.24, 2.45) is 0 Å². The third-order valence-electron chi connectivity index (χ3n) is 4.50. The summed E-state index contributed by atoms with van der Waals surface area (Å²) in [7, 11) is 3.38. The molecule has 0 radical (unpaired) electrons. The lowest BCUT2D eigenvalue weighted by atomic mass is 9.90. The van der Waals surface area contributed by atoms with Gasteiger partial charge in [0.15, 0.2) is 11.5 Å². The Kier molecular flexibility index (Phi) is 3.97. The van der Waals surface area contributed by atoms with Gasteiger partial charge < -0.3 is 9.47 Å². The van der Waals surface area contributed by atoms with Crippen molar-refractivity contribution < 1.29 is 9.47 Å². The van der Waals surface area contributed by atoms with Crippen LogP contribution in [0.15, 0.2) is 30.4 Å². The second kappa shape index (κ2) is 5.88. The number of hydrogen-bond donors (Lipinski definition) is 0. The number of fused-ring (bicyclic) bond motifs is 1. The zero-order valence-electron chi connectivity index (χ0n) is 12.3. The molecular weight excluding hydrogens is 250 g/mol. The molecule has 1 fully saturated rings. The lowest BCUT2D eigenvalue weighted by Gasteiger charge is -2.42. The molecule has 1 aromatic rings. The molecule has 20 heavy (non-hydrogen) atoms. The first-order valence-corrected chi connectivity index (χ1v) is 7.48. The van der Waals surface area contributed by atoms with E-state index >= 15 is 0 Å². The van der Waals surface area contributed by atoms with Crippen LogP contribution in [-0.4, -0.2) is 31.7 Å². The second-order valence-corrected chi connectivity index (χ2v) is 5.60. The van der Waals surface area contributed by atoms with Gasteiger partial charge in [0.1, 0.15) is 0 Å². The minimum atomic E-state index is 0.477. The van der Waals surface area contributed by atoms with Gasteiger partial charge in [0, 0.05) is 12.1 Å². The normalized spacial score (nSPS) is 26.1. The minimum Gasteiger partial charge on any atom is -0.493 e. The molecule has 2 heterocycles. The van der Waals surface area contributed by atoms with Gasteiger partial charge in [-0.25, -0.2) is 0 Å². The molecule has 1 saturated heterocycles. The van der Waals surface area contributed by atoms with Crippen molar-refractivity contribution in [1.29, 1.82) is 0 Å². The van der Waals surface area contributed by atoms with Crippen molar-refractivity contribution in [1.82, 2.24) is 4.90 Å². The number of nitrogens with zero attached hydrogens (tertiary/aromatic N) is 1. The van der Waals surface area contributed by atoms with Crippen molar-refractivity contribution in [2.45, 2.75) is 37.8 Å². The van der Waals surface area contributed by atoms with E-state index in [1.54, 1.807) is 14.2 Å². The molecule has 0 aliphatic carbocycles. The van der Waals surface area contributed by atoms with E-state index in [0.29, 0.717) is 12.1 Å². The molecule has 108 valence electrons. The molecule has 2 aliphatic rings. The number of methoxy groups -OCH3 is 2. The van der Waals surface area contributed by atoms with Crippen LogP contribution in [0.4, 0.5) is 0 Å². The van der Waals surface area contributed by atoms with Crippen molar-refractivity contribution in [3.05, 3.63) is 35.9 Å². The smallest absolute Gasteiger partial charge is 0.161 e. The van der Waals surface area contributed by atoms with Crippen LogP contribution in [0.25, 0.3) is 0 Å². The van der Waals surface area contributed by atoms with E-state index in [1.165, 1.54) is 31.4 Å². The SMILES string of the molecule is COc1ccc([C@@H]2CC=C[C@H]3CCCCN32)cc1OC. The highest BCUT2D eigenvalue weighted by Crippen LogP contribution is 2.38. The van der Waals surface area contributed by atoms with E-state index in [2.05, 4.69) is 29.2 Å². The molecule has 3 heteroatoms. The van der Waals surface area contributed by atoms with Crippen molar-refractivity contribution >= 4 is 0 Å². The third kappa shape index (κ3) is 2.42. The Morgan fingerprint density at radius 1 is 1.10 bits per heavy atom. The summed E-state index contributed by atoms with van der Waals surface area (Å²) >= 11 is 0. The highest BCUT2D eigenvalue weighted by Gasteiger charge is 2.30. The topological polar surface area (TPSA) is 21.7 Å². The first-order chi connectivity index (χ1) is 9.83. The van der Waals surface area contributed by atoms with E-state index in [9.17, 15) is 0 Å². The van der Waals surface area contributed by atoms with Crippen molar-refractivity contribution in [2.75, 3.05) is 20.8 Å². The van der Waals surface area contributed by atoms with Gasteiger partial charge in [-0.3, -0.25) is 4.90 Å². The maximum absolute atomic E-state index is 5.44. The molecule has 0 bridgehead atoms. The summed E-state index contributed by atoms with van der Waals surface area (Å²) < 4.78 is 10.8. The average Bonchev–Trinajstić information content (AvgIpc) is 2.53. The number of rotatable bonds is 3. The van der Waals surface area contributed by atoms with Gasteiger partial charge in [-0.1, -0.05) is 24.6 Å². The predicted molar refractivity (Wildman–Crippen MR) is 80.4 cm³/mol. The first-order valence-electron chi connectivity index (χ1n) is 7.48. The minimum absolute atomic E-state index is 0.477. The highest BCUT2D eigenvalue weighted by atomic mass is 16.5. The predicted octanol–water partition coefficient (Wildman–Crippen LogP) is 3.56. The van der Waals surface area contributed by atoms with Gasteiger partial charge in [-0.05, 0) is 43.5 Å². The van der Waals surface area contributed by atoms with E-state index in [0.717, 1.165) is 17.9 Å². The number of benzene rings is 1. The number of piperidine rings is 1. The zero-order valence-corrected chi connectivity index (χ0v) is 12.3. The van der Waals surface area contributed by atoms with Crippen LogP contribution < -0.4 is 9.47 Å². The quantitative estimate of drug-likeness (QED) is 0.786. The monoisotopic (exact) mass is 273 g/mol. The fourth-order valence-corrected chi connectivity index (χ4v) is 3.46. The molecule has 3 nitrogen and oxygen atoms in total. The van der Waals surface area contributed by atoms with Crippen LogP contribution in [0.2, 0.25) is 0 Å². The van der Waals surface area contributed by atoms with Crippen molar-refractivity contribution in [3.8, 4) is 11.5 Å². The molecule has 0 spiro atoms. The first kappa shape index (κ1) is 13.5. The summed E-state index contributed by atoms with van der Waals surface area (Å²) in [4.78, 5) is 2.64. The molecule has 0 saturated carbocycles. The Morgan fingerprint density at radius 3 is 2.75 bits per heavy atom. The summed E-state index contributed by atoms with van der Waals surface area (Å²) in [5.41, 5.74) is 1.33. The van der Waals surface area contributed by atoms with Crippen LogP contribution in [0.1, 0.15) is 37.3 Å². The Labute approximate surface area is 121 Å². The van der Waals surface area contributed by atoms with Crippen molar-refractivity contribution in [3.63, 3.8) is 0 Å². The molecule has 3 rings (SSSR count). The van der Waals surface area contributed by atoms with E-state index in [-0.39, 0.29) is 0 Å². The molecular formula is C17H23NO2. The van der Waals surface area contributed by atoms with Gasteiger partial charge in [0.05, 0.1) is 14.2 Å². The summed E-state index contributed by atoms with van der Waals surface area (Å²) in [6.07, 6.45) is 9.77. The van der Waals surface area contributed by atoms with E-state index in [1.807, 2.05) is 6.07 Å². The Balaban J connectivity index is 1.89. The third-order valence-corrected chi connectivity index (χ3v) is 4.50. The molecule has 0 unspecified atom stereocenters. The lowest BCUT2D eigenvalue weighted by molar-refractivity contribution is 0.113. The molecule has 0 N–H and O–H groups in total. The zero-order chi connectivity index (χ0) is 13.9. The maximum atomic E-state index is 5.44. The number of hydrogen-bond acceptors (Lipinski definition) is 3. The fraction of sp³-hybridized carbons (Fsp3) is 0.529. The lowest BCUT2D eigenvalue weighted by Crippen LogP contribution is -2.42. The van der Waals surface area contributed by atoms with Gasteiger partial charge in [-0.15, -0.1) is 0 Å². The average molecular weight is 273 g/mol. The van der Waals surface area contributed by atoms with Crippen LogP contribution in [-0.2, 0) is 0 Å². The molecule has 2 aliphatic heterocycles. The summed E-state index contributed by atoms with van der Waals surface area (Å²) in [5, 5.41) is 0. The van der Waals surface area contributed by atoms with Crippen LogP contribution in [0, 0.1) is 0 Å². The molecule has 0 amide bonds. The van der Waals surface area contributed by atoms with Crippen LogP contribution >= 0.6 is 0 Å². The summed E-state index contributed by atoms with van der Waals surface area (Å²) in [6.45, 7) is 1.20. The van der Waals surface area contributed by atoms with Gasteiger partial charge in [0.2, 0.25) is 0 Å². The Morgan fingerprint density at radius 2 is 1.95 bits per heavy atom. The largest absolute Gasteiger partial charge is 0.493 e. The fourth-order valence-electron chi connectivity index (χ4n) is 3.46. The van der Waals surface area contributed by atoms with E-state index in [4.69, 9.17) is 9.47 Å². The Hall–Kier alpha value is -1.48. The summed E-state index contributed by atoms with van der Waals surface area (Å²) in [5.74, 6) is 1.63. The molecule has 2 atom stereocenters. The maximum Gasteiger partial charge on any atom is 0.161 e. The number of ether oxygens (including phenoxy) is 2. The highest BCUT2D eigenvalue weighted by molar-refractivity contribution is 5.44.